The van der Waals surface area contributed by atoms with Crippen molar-refractivity contribution in [3.05, 3.63) is 5.82 Å². The van der Waals surface area contributed by atoms with Gasteiger partial charge in [-0.1, -0.05) is 0 Å². The number of tetrazole rings is 1. The summed E-state index contributed by atoms with van der Waals surface area (Å²) in [6.45, 7) is -0.524. The van der Waals surface area contributed by atoms with E-state index in [9.17, 15) is 27.6 Å². The van der Waals surface area contributed by atoms with Crippen LogP contribution in [0.25, 0.3) is 0 Å². The third-order valence-corrected chi connectivity index (χ3v) is 4.52. The van der Waals surface area contributed by atoms with Crippen LogP contribution in [0.3, 0.4) is 0 Å². The normalized spacial score (nSPS) is 21.2. The number of nitrogens with zero attached hydrogens (tertiary/aromatic N) is 6. The van der Waals surface area contributed by atoms with E-state index in [4.69, 9.17) is 10.3 Å². The fraction of sp³-hybridized carbons (Fsp3) is 0.545. The van der Waals surface area contributed by atoms with E-state index < -0.39 is 52.8 Å². The molecule has 2 bridgehead atoms. The molecule has 1 aromatic rings. The van der Waals surface area contributed by atoms with Crippen LogP contribution in [0.15, 0.2) is 0 Å². The second kappa shape index (κ2) is 7.56. The highest BCUT2D eigenvalue weighted by Gasteiger charge is 2.49. The minimum atomic E-state index is -4.90. The molecule has 2 unspecified atom stereocenters. The molecule has 0 aromatic carbocycles. The number of hydroxylamine groups is 2. The molecule has 0 spiro atoms. The highest BCUT2D eigenvalue weighted by molar-refractivity contribution is 7.80. The summed E-state index contributed by atoms with van der Waals surface area (Å²) in [5, 5.41) is 10.4. The van der Waals surface area contributed by atoms with Crippen molar-refractivity contribution in [1.82, 2.24) is 41.0 Å². The second-order valence-electron chi connectivity index (χ2n) is 6.07. The lowest BCUT2D eigenvalue weighted by Gasteiger charge is -2.29. The van der Waals surface area contributed by atoms with E-state index in [1.807, 2.05) is 0 Å². The first kappa shape index (κ1) is 20.4. The standard InChI is InChI=1S/C11H15N9O8S/c12-8(22)9-14-16-17-19(9)4-7(21)13-15-10(23)6-2-1-5-3-18(6)11(24)20(5)28-29(25,26)27/h5-6H,1-4H2,(H2,12,22)(H,13,21)(H,15,23)(H,25,26,27). The molecule has 2 saturated heterocycles. The minimum Gasteiger partial charge on any atom is -0.363 e. The molecule has 18 heteroatoms. The van der Waals surface area contributed by atoms with Crippen LogP contribution in [0.1, 0.15) is 23.5 Å². The Morgan fingerprint density at radius 2 is 2.00 bits per heavy atom. The Bertz CT molecular complexity index is 961. The van der Waals surface area contributed by atoms with E-state index in [2.05, 4.69) is 30.7 Å². The van der Waals surface area contributed by atoms with Gasteiger partial charge in [-0.25, -0.2) is 9.48 Å². The van der Waals surface area contributed by atoms with E-state index in [1.54, 1.807) is 0 Å². The van der Waals surface area contributed by atoms with Crippen LogP contribution in [0, 0.1) is 0 Å². The van der Waals surface area contributed by atoms with Crippen molar-refractivity contribution < 1.29 is 36.4 Å². The maximum Gasteiger partial charge on any atom is 0.418 e. The summed E-state index contributed by atoms with van der Waals surface area (Å²) in [5.41, 5.74) is 9.25. The molecule has 3 rings (SSSR count). The van der Waals surface area contributed by atoms with Crippen molar-refractivity contribution in [3.63, 3.8) is 0 Å². The van der Waals surface area contributed by atoms with Gasteiger partial charge in [0, 0.05) is 6.54 Å². The average molecular weight is 433 g/mol. The number of primary amides is 1. The van der Waals surface area contributed by atoms with Gasteiger partial charge in [0.25, 0.3) is 17.7 Å². The Labute approximate surface area is 162 Å². The molecule has 5 amide bonds. The smallest absolute Gasteiger partial charge is 0.363 e. The number of hydrogen-bond donors (Lipinski definition) is 4. The first-order valence-electron chi connectivity index (χ1n) is 7.98. The molecule has 158 valence electrons. The van der Waals surface area contributed by atoms with E-state index >= 15 is 0 Å². The number of nitrogens with one attached hydrogen (secondary N) is 2. The molecule has 2 fully saturated rings. The molecule has 0 radical (unpaired) electrons. The molecule has 3 heterocycles. The number of carbonyl (C=O) groups excluding carboxylic acids is 4. The molecule has 29 heavy (non-hydrogen) atoms. The number of hydrazine groups is 1. The fourth-order valence-corrected chi connectivity index (χ4v) is 3.37. The molecule has 2 aliphatic heterocycles. The molecular weight excluding hydrogens is 418 g/mol. The Balaban J connectivity index is 1.56. The van der Waals surface area contributed by atoms with E-state index in [-0.39, 0.29) is 25.2 Å². The van der Waals surface area contributed by atoms with Gasteiger partial charge < -0.3 is 10.6 Å². The topological polar surface area (TPSA) is 232 Å². The summed E-state index contributed by atoms with van der Waals surface area (Å²) in [5.74, 6) is -2.84. The maximum absolute atomic E-state index is 12.3. The molecular formula is C11H15N9O8S. The van der Waals surface area contributed by atoms with Gasteiger partial charge in [-0.15, -0.1) is 9.38 Å². The Hall–Kier alpha value is -3.38. The van der Waals surface area contributed by atoms with Gasteiger partial charge in [0.05, 0.1) is 6.04 Å². The number of nitrogens with two attached hydrogens (primary N) is 1. The summed E-state index contributed by atoms with van der Waals surface area (Å²) >= 11 is 0. The molecule has 2 atom stereocenters. The Kier molecular flexibility index (Phi) is 5.31. The monoisotopic (exact) mass is 433 g/mol. The lowest BCUT2D eigenvalue weighted by atomic mass is 10.0. The fourth-order valence-electron chi connectivity index (χ4n) is 2.98. The summed E-state index contributed by atoms with van der Waals surface area (Å²) < 4.78 is 35.6. The molecule has 2 aliphatic rings. The zero-order valence-electron chi connectivity index (χ0n) is 14.5. The average Bonchev–Trinajstić information content (AvgIpc) is 3.18. The van der Waals surface area contributed by atoms with E-state index in [0.717, 1.165) is 9.58 Å². The van der Waals surface area contributed by atoms with Crippen LogP contribution in [0.2, 0.25) is 0 Å². The molecule has 5 N–H and O–H groups in total. The Morgan fingerprint density at radius 3 is 2.66 bits per heavy atom. The summed E-state index contributed by atoms with van der Waals surface area (Å²) in [7, 11) is -4.90. The van der Waals surface area contributed by atoms with Gasteiger partial charge in [0.1, 0.15) is 12.6 Å². The highest BCUT2D eigenvalue weighted by atomic mass is 32.3. The summed E-state index contributed by atoms with van der Waals surface area (Å²) in [4.78, 5) is 48.6. The number of fused-ring (bicyclic) bond motifs is 2. The largest absolute Gasteiger partial charge is 0.418 e. The zero-order chi connectivity index (χ0) is 21.3. The maximum atomic E-state index is 12.3. The van der Waals surface area contributed by atoms with Crippen molar-refractivity contribution >= 4 is 34.2 Å². The number of carbonyl (C=O) groups is 4. The van der Waals surface area contributed by atoms with Crippen molar-refractivity contribution in [3.8, 4) is 0 Å². The third-order valence-electron chi connectivity index (χ3n) is 4.17. The Morgan fingerprint density at radius 1 is 1.28 bits per heavy atom. The number of hydrogen-bond acceptors (Lipinski definition) is 10. The van der Waals surface area contributed by atoms with Crippen LogP contribution in [-0.4, -0.2) is 85.5 Å². The predicted octanol–water partition coefficient (Wildman–Crippen LogP) is -4.08. The lowest BCUT2D eigenvalue weighted by molar-refractivity contribution is -0.132. The van der Waals surface area contributed by atoms with Crippen molar-refractivity contribution in [1.29, 1.82) is 0 Å². The zero-order valence-corrected chi connectivity index (χ0v) is 15.3. The van der Waals surface area contributed by atoms with Gasteiger partial charge in [-0.3, -0.25) is 29.8 Å². The number of amides is 5. The van der Waals surface area contributed by atoms with E-state index in [0.29, 0.717) is 5.06 Å². The number of urea groups is 1. The first-order chi connectivity index (χ1) is 13.6. The summed E-state index contributed by atoms with van der Waals surface area (Å²) in [6, 6.07) is -2.59. The number of rotatable bonds is 6. The van der Waals surface area contributed by atoms with Crippen LogP contribution in [0.4, 0.5) is 4.79 Å². The van der Waals surface area contributed by atoms with Gasteiger partial charge in [-0.05, 0) is 23.3 Å². The van der Waals surface area contributed by atoms with Gasteiger partial charge in [0.2, 0.25) is 5.82 Å². The van der Waals surface area contributed by atoms with Crippen molar-refractivity contribution in [2.45, 2.75) is 31.5 Å². The molecule has 1 aromatic heterocycles. The van der Waals surface area contributed by atoms with Crippen LogP contribution in [0.5, 0.6) is 0 Å². The van der Waals surface area contributed by atoms with Crippen LogP contribution >= 0.6 is 0 Å². The summed E-state index contributed by atoms with van der Waals surface area (Å²) in [6.07, 6.45) is 0.374. The number of piperidine rings is 1. The third kappa shape index (κ3) is 4.38. The van der Waals surface area contributed by atoms with Crippen LogP contribution < -0.4 is 16.6 Å². The molecule has 0 aliphatic carbocycles. The first-order valence-corrected chi connectivity index (χ1v) is 9.35. The van der Waals surface area contributed by atoms with Crippen molar-refractivity contribution in [2.24, 2.45) is 5.73 Å². The minimum absolute atomic E-state index is 0.00696. The van der Waals surface area contributed by atoms with Crippen molar-refractivity contribution in [2.75, 3.05) is 6.54 Å². The quantitative estimate of drug-likeness (QED) is 0.249. The number of aromatic nitrogens is 4. The van der Waals surface area contributed by atoms with Gasteiger partial charge in [0.15, 0.2) is 0 Å². The second-order valence-corrected chi connectivity index (χ2v) is 7.08. The lowest BCUT2D eigenvalue weighted by Crippen LogP contribution is -2.54. The van der Waals surface area contributed by atoms with Gasteiger partial charge in [-0.2, -0.15) is 13.5 Å². The predicted molar refractivity (Wildman–Crippen MR) is 86.0 cm³/mol. The highest BCUT2D eigenvalue weighted by Crippen LogP contribution is 2.30. The van der Waals surface area contributed by atoms with Gasteiger partial charge >= 0.3 is 16.4 Å². The van der Waals surface area contributed by atoms with E-state index in [1.165, 1.54) is 0 Å². The SMILES string of the molecule is NC(=O)c1nnnn1CC(=O)NNC(=O)C1CCC2CN1C(=O)N2OS(=O)(=O)O. The molecule has 17 nitrogen and oxygen atoms in total. The van der Waals surface area contributed by atoms with Crippen LogP contribution in [-0.2, 0) is 30.8 Å². The molecule has 0 saturated carbocycles.